The summed E-state index contributed by atoms with van der Waals surface area (Å²) in [6, 6.07) is 1.61. The van der Waals surface area contributed by atoms with Crippen LogP contribution in [0.15, 0.2) is 0 Å². The van der Waals surface area contributed by atoms with Gasteiger partial charge in [0.25, 0.3) is 0 Å². The van der Waals surface area contributed by atoms with Crippen molar-refractivity contribution in [2.75, 3.05) is 13.2 Å². The summed E-state index contributed by atoms with van der Waals surface area (Å²) in [7, 11) is 0. The molecule has 1 fully saturated rings. The van der Waals surface area contributed by atoms with Gasteiger partial charge in [0.1, 0.15) is 0 Å². The predicted octanol–water partition coefficient (Wildman–Crippen LogP) is 3.02. The molecule has 3 heteroatoms. The molecule has 2 N–H and O–H groups in total. The van der Waals surface area contributed by atoms with Crippen molar-refractivity contribution < 1.29 is 5.11 Å². The molecule has 0 amide bonds. The van der Waals surface area contributed by atoms with E-state index in [1.54, 1.807) is 0 Å². The fraction of sp³-hybridized carbons (Fsp3) is 1.00. The van der Waals surface area contributed by atoms with Crippen molar-refractivity contribution in [2.24, 2.45) is 5.92 Å². The first-order chi connectivity index (χ1) is 9.29. The molecule has 0 aliphatic heterocycles. The van der Waals surface area contributed by atoms with Crippen LogP contribution in [-0.4, -0.2) is 46.8 Å². The Balaban J connectivity index is 2.78. The molecule has 2 atom stereocenters. The number of rotatable bonds is 7. The Kier molecular flexibility index (Phi) is 6.96. The van der Waals surface area contributed by atoms with E-state index in [4.69, 9.17) is 0 Å². The Morgan fingerprint density at radius 1 is 1.20 bits per heavy atom. The third-order valence-electron chi connectivity index (χ3n) is 4.42. The summed E-state index contributed by atoms with van der Waals surface area (Å²) in [5, 5.41) is 13.6. The van der Waals surface area contributed by atoms with Crippen molar-refractivity contribution in [3.63, 3.8) is 0 Å². The van der Waals surface area contributed by atoms with Gasteiger partial charge in [0.15, 0.2) is 0 Å². The quantitative estimate of drug-likeness (QED) is 0.754. The SMILES string of the molecule is CC(C)CN(C(C)C)C1CCCC(CO)(NC(C)C)C1. The van der Waals surface area contributed by atoms with E-state index in [-0.39, 0.29) is 12.1 Å². The minimum atomic E-state index is -0.0683. The van der Waals surface area contributed by atoms with Crippen LogP contribution in [0, 0.1) is 5.92 Å². The lowest BCUT2D eigenvalue weighted by atomic mass is 9.78. The number of nitrogens with one attached hydrogen (secondary N) is 1. The van der Waals surface area contributed by atoms with Gasteiger partial charge in [-0.15, -0.1) is 0 Å². The maximum Gasteiger partial charge on any atom is 0.0613 e. The van der Waals surface area contributed by atoms with Gasteiger partial charge in [-0.25, -0.2) is 0 Å². The number of nitrogens with zero attached hydrogens (tertiary/aromatic N) is 1. The third kappa shape index (κ3) is 5.01. The van der Waals surface area contributed by atoms with E-state index in [9.17, 15) is 5.11 Å². The highest BCUT2D eigenvalue weighted by Gasteiger charge is 2.38. The average Bonchev–Trinajstić information content (AvgIpc) is 2.34. The minimum Gasteiger partial charge on any atom is -0.394 e. The zero-order chi connectivity index (χ0) is 15.3. The van der Waals surface area contributed by atoms with Gasteiger partial charge < -0.3 is 10.4 Å². The Morgan fingerprint density at radius 3 is 2.30 bits per heavy atom. The van der Waals surface area contributed by atoms with E-state index in [0.717, 1.165) is 19.4 Å². The summed E-state index contributed by atoms with van der Waals surface area (Å²) in [6.07, 6.45) is 4.66. The average molecular weight is 284 g/mol. The molecule has 1 aliphatic carbocycles. The monoisotopic (exact) mass is 284 g/mol. The molecule has 3 nitrogen and oxygen atoms in total. The molecule has 20 heavy (non-hydrogen) atoms. The highest BCUT2D eigenvalue weighted by atomic mass is 16.3. The summed E-state index contributed by atoms with van der Waals surface area (Å²) in [4.78, 5) is 2.65. The van der Waals surface area contributed by atoms with Crippen molar-refractivity contribution in [2.45, 2.75) is 90.9 Å². The number of aliphatic hydroxyl groups is 1. The maximum atomic E-state index is 9.93. The molecular weight excluding hydrogens is 248 g/mol. The number of aliphatic hydroxyl groups excluding tert-OH is 1. The summed E-state index contributed by atoms with van der Waals surface area (Å²) >= 11 is 0. The molecule has 0 bridgehead atoms. The van der Waals surface area contributed by atoms with Crippen LogP contribution in [0.4, 0.5) is 0 Å². The van der Waals surface area contributed by atoms with Crippen molar-refractivity contribution in [1.82, 2.24) is 10.2 Å². The summed E-state index contributed by atoms with van der Waals surface area (Å²) < 4.78 is 0. The lowest BCUT2D eigenvalue weighted by Crippen LogP contribution is -2.58. The molecule has 120 valence electrons. The summed E-state index contributed by atoms with van der Waals surface area (Å²) in [6.45, 7) is 15.0. The lowest BCUT2D eigenvalue weighted by molar-refractivity contribution is 0.0355. The van der Waals surface area contributed by atoms with Gasteiger partial charge >= 0.3 is 0 Å². The first-order valence-electron chi connectivity index (χ1n) is 8.44. The zero-order valence-electron chi connectivity index (χ0n) is 14.4. The largest absolute Gasteiger partial charge is 0.394 e. The van der Waals surface area contributed by atoms with Crippen LogP contribution in [0.2, 0.25) is 0 Å². The van der Waals surface area contributed by atoms with E-state index >= 15 is 0 Å². The highest BCUT2D eigenvalue weighted by molar-refractivity contribution is 4.97. The van der Waals surface area contributed by atoms with Gasteiger partial charge in [-0.2, -0.15) is 0 Å². The second-order valence-corrected chi connectivity index (χ2v) is 7.67. The van der Waals surface area contributed by atoms with Gasteiger partial charge in [0, 0.05) is 30.2 Å². The third-order valence-corrected chi connectivity index (χ3v) is 4.42. The smallest absolute Gasteiger partial charge is 0.0613 e. The zero-order valence-corrected chi connectivity index (χ0v) is 14.4. The molecule has 0 radical (unpaired) electrons. The Labute approximate surface area is 126 Å². The van der Waals surface area contributed by atoms with E-state index in [2.05, 4.69) is 51.8 Å². The number of hydrogen-bond acceptors (Lipinski definition) is 3. The Hall–Kier alpha value is -0.120. The van der Waals surface area contributed by atoms with Gasteiger partial charge in [-0.3, -0.25) is 4.90 Å². The second kappa shape index (κ2) is 7.77. The molecule has 0 spiro atoms. The highest BCUT2D eigenvalue weighted by Crippen LogP contribution is 2.32. The second-order valence-electron chi connectivity index (χ2n) is 7.67. The number of hydrogen-bond donors (Lipinski definition) is 2. The Morgan fingerprint density at radius 2 is 1.85 bits per heavy atom. The lowest BCUT2D eigenvalue weighted by Gasteiger charge is -2.47. The van der Waals surface area contributed by atoms with Crippen LogP contribution < -0.4 is 5.32 Å². The topological polar surface area (TPSA) is 35.5 Å². The van der Waals surface area contributed by atoms with Gasteiger partial charge in [0.2, 0.25) is 0 Å². The first-order valence-corrected chi connectivity index (χ1v) is 8.44. The molecule has 0 aromatic carbocycles. The summed E-state index contributed by atoms with van der Waals surface area (Å²) in [5.74, 6) is 0.695. The van der Waals surface area contributed by atoms with Crippen LogP contribution in [0.3, 0.4) is 0 Å². The van der Waals surface area contributed by atoms with Crippen molar-refractivity contribution in [3.8, 4) is 0 Å². The molecular formula is C17H36N2O. The van der Waals surface area contributed by atoms with Crippen LogP contribution in [-0.2, 0) is 0 Å². The van der Waals surface area contributed by atoms with Crippen molar-refractivity contribution >= 4 is 0 Å². The van der Waals surface area contributed by atoms with Crippen molar-refractivity contribution in [3.05, 3.63) is 0 Å². The molecule has 0 saturated heterocycles. The maximum absolute atomic E-state index is 9.93. The molecule has 1 aliphatic rings. The Bertz CT molecular complexity index is 278. The molecule has 0 aromatic rings. The minimum absolute atomic E-state index is 0.0683. The fourth-order valence-electron chi connectivity index (χ4n) is 3.75. The van der Waals surface area contributed by atoms with Crippen LogP contribution in [0.5, 0.6) is 0 Å². The normalized spacial score (nSPS) is 28.1. The fourth-order valence-corrected chi connectivity index (χ4v) is 3.75. The summed E-state index contributed by atoms with van der Waals surface area (Å²) in [5.41, 5.74) is -0.0683. The van der Waals surface area contributed by atoms with E-state index < -0.39 is 0 Å². The molecule has 1 rings (SSSR count). The molecule has 0 heterocycles. The van der Waals surface area contributed by atoms with E-state index in [1.165, 1.54) is 12.8 Å². The van der Waals surface area contributed by atoms with Gasteiger partial charge in [-0.1, -0.05) is 27.7 Å². The first kappa shape index (κ1) is 17.9. The standard InChI is InChI=1S/C17H36N2O/c1-13(2)11-19(15(5)6)16-8-7-9-17(10-16,12-20)18-14(3)4/h13-16,18,20H,7-12H2,1-6H3. The van der Waals surface area contributed by atoms with E-state index in [1.807, 2.05) is 0 Å². The van der Waals surface area contributed by atoms with Gasteiger partial charge in [-0.05, 0) is 45.4 Å². The van der Waals surface area contributed by atoms with Crippen LogP contribution in [0.1, 0.15) is 67.2 Å². The predicted molar refractivity (Wildman–Crippen MR) is 87.0 cm³/mol. The molecule has 1 saturated carbocycles. The van der Waals surface area contributed by atoms with Gasteiger partial charge in [0.05, 0.1) is 6.61 Å². The van der Waals surface area contributed by atoms with Crippen molar-refractivity contribution in [1.29, 1.82) is 0 Å². The molecule has 0 aromatic heterocycles. The molecule has 2 unspecified atom stereocenters. The van der Waals surface area contributed by atoms with Crippen LogP contribution >= 0.6 is 0 Å². The van der Waals surface area contributed by atoms with Crippen LogP contribution in [0.25, 0.3) is 0 Å². The van der Waals surface area contributed by atoms with E-state index in [0.29, 0.717) is 24.0 Å².